The van der Waals surface area contributed by atoms with E-state index in [-0.39, 0.29) is 11.6 Å². The highest BCUT2D eigenvalue weighted by Gasteiger charge is 2.34. The van der Waals surface area contributed by atoms with Crippen LogP contribution in [0.4, 0.5) is 22.7 Å². The van der Waals surface area contributed by atoms with E-state index in [9.17, 15) is 20.2 Å². The molecule has 3 aromatic rings. The van der Waals surface area contributed by atoms with E-state index in [0.29, 0.717) is 39.3 Å². The van der Waals surface area contributed by atoms with Crippen LogP contribution in [-0.2, 0) is 11.3 Å². The minimum absolute atomic E-state index is 0.0202. The second-order valence-corrected chi connectivity index (χ2v) is 10.6. The minimum Gasteiger partial charge on any atom is -0.384 e. The summed E-state index contributed by atoms with van der Waals surface area (Å²) in [4.78, 5) is 34.0. The molecule has 9 nitrogen and oxygen atoms in total. The van der Waals surface area contributed by atoms with E-state index in [2.05, 4.69) is 11.4 Å². The van der Waals surface area contributed by atoms with Crippen LogP contribution < -0.4 is 10.2 Å². The van der Waals surface area contributed by atoms with Crippen molar-refractivity contribution in [2.75, 3.05) is 30.9 Å². The normalized spacial score (nSPS) is 15.0. The summed E-state index contributed by atoms with van der Waals surface area (Å²) < 4.78 is 0. The van der Waals surface area contributed by atoms with Crippen molar-refractivity contribution in [3.63, 3.8) is 0 Å². The van der Waals surface area contributed by atoms with E-state index in [4.69, 9.17) is 4.99 Å². The van der Waals surface area contributed by atoms with E-state index in [1.54, 1.807) is 28.5 Å². The molecule has 1 aliphatic heterocycles. The summed E-state index contributed by atoms with van der Waals surface area (Å²) >= 11 is 2.49. The van der Waals surface area contributed by atoms with Crippen molar-refractivity contribution < 1.29 is 9.72 Å². The van der Waals surface area contributed by atoms with Crippen LogP contribution in [-0.4, -0.2) is 41.5 Å². The first-order chi connectivity index (χ1) is 18.8. The van der Waals surface area contributed by atoms with Crippen LogP contribution in [0.15, 0.2) is 86.9 Å². The maximum absolute atomic E-state index is 13.6. The van der Waals surface area contributed by atoms with Gasteiger partial charge in [-0.05, 0) is 53.9 Å². The molecule has 198 valence electrons. The molecular formula is C28H26N6O3S2. The molecule has 0 spiro atoms. The van der Waals surface area contributed by atoms with Crippen LogP contribution in [0.2, 0.25) is 0 Å². The third kappa shape index (κ3) is 6.60. The molecule has 3 aromatic carbocycles. The first-order valence-electron chi connectivity index (χ1n) is 12.0. The van der Waals surface area contributed by atoms with Crippen molar-refractivity contribution in [3.05, 3.63) is 98.3 Å². The lowest BCUT2D eigenvalue weighted by Gasteiger charge is -2.17. The summed E-state index contributed by atoms with van der Waals surface area (Å²) in [5.41, 5.74) is 3.51. The van der Waals surface area contributed by atoms with Gasteiger partial charge in [-0.2, -0.15) is 5.26 Å². The molecule has 0 saturated carbocycles. The number of amidine groups is 1. The van der Waals surface area contributed by atoms with Gasteiger partial charge in [-0.15, -0.1) is 0 Å². The van der Waals surface area contributed by atoms with Gasteiger partial charge in [0.2, 0.25) is 0 Å². The smallest absolute Gasteiger partial charge is 0.270 e. The second-order valence-electron chi connectivity index (χ2n) is 8.65. The standard InChI is InChI=1S/C28H26N6O3S2/c1-4-30-22-12-10-20(16-29)14-23(22)31-28-33(17-19-8-6-5-7-9-19)27(35)26(39-28)18-38-25-15-21(34(36)37)11-13-24(25)32(2)3/h5-15,18,30H,4,17H2,1-3H3/b26-18-,31-28?. The van der Waals surface area contributed by atoms with Crippen LogP contribution in [0.5, 0.6) is 0 Å². The highest BCUT2D eigenvalue weighted by molar-refractivity contribution is 8.19. The zero-order valence-electron chi connectivity index (χ0n) is 21.6. The summed E-state index contributed by atoms with van der Waals surface area (Å²) in [6.07, 6.45) is 0. The highest BCUT2D eigenvalue weighted by atomic mass is 32.2. The van der Waals surface area contributed by atoms with Gasteiger partial charge in [0, 0.05) is 37.7 Å². The van der Waals surface area contributed by atoms with Gasteiger partial charge < -0.3 is 10.2 Å². The first kappa shape index (κ1) is 27.8. The maximum Gasteiger partial charge on any atom is 0.270 e. The van der Waals surface area contributed by atoms with Crippen molar-refractivity contribution in [1.82, 2.24) is 4.90 Å². The van der Waals surface area contributed by atoms with E-state index in [0.717, 1.165) is 16.9 Å². The van der Waals surface area contributed by atoms with Crippen LogP contribution in [0.3, 0.4) is 0 Å². The number of aliphatic imine (C=N–C) groups is 1. The third-order valence-corrected chi connectivity index (χ3v) is 7.80. The number of benzene rings is 3. The Morgan fingerprint density at radius 3 is 2.62 bits per heavy atom. The number of nitriles is 1. The molecule has 0 radical (unpaired) electrons. The summed E-state index contributed by atoms with van der Waals surface area (Å²) in [5, 5.41) is 26.2. The maximum atomic E-state index is 13.6. The van der Waals surface area contributed by atoms with Gasteiger partial charge in [0.15, 0.2) is 5.17 Å². The monoisotopic (exact) mass is 558 g/mol. The van der Waals surface area contributed by atoms with Gasteiger partial charge in [0.25, 0.3) is 11.6 Å². The molecule has 0 unspecified atom stereocenters. The Morgan fingerprint density at radius 1 is 1.18 bits per heavy atom. The fourth-order valence-corrected chi connectivity index (χ4v) is 5.84. The molecule has 4 rings (SSSR count). The molecule has 1 amide bonds. The number of amides is 1. The van der Waals surface area contributed by atoms with E-state index in [1.807, 2.05) is 62.3 Å². The number of carbonyl (C=O) groups is 1. The predicted molar refractivity (Wildman–Crippen MR) is 158 cm³/mol. The van der Waals surface area contributed by atoms with Crippen molar-refractivity contribution >= 4 is 57.3 Å². The van der Waals surface area contributed by atoms with Crippen LogP contribution in [0.1, 0.15) is 18.1 Å². The zero-order valence-corrected chi connectivity index (χ0v) is 23.3. The molecule has 1 N–H and O–H groups in total. The lowest BCUT2D eigenvalue weighted by Crippen LogP contribution is -2.28. The molecule has 0 atom stereocenters. The molecular weight excluding hydrogens is 532 g/mol. The predicted octanol–water partition coefficient (Wildman–Crippen LogP) is 6.36. The largest absolute Gasteiger partial charge is 0.384 e. The van der Waals surface area contributed by atoms with Crippen molar-refractivity contribution in [2.24, 2.45) is 4.99 Å². The van der Waals surface area contributed by atoms with Gasteiger partial charge in [-0.25, -0.2) is 4.99 Å². The number of nitrogens with one attached hydrogen (secondary N) is 1. The van der Waals surface area contributed by atoms with Crippen molar-refractivity contribution in [1.29, 1.82) is 5.26 Å². The van der Waals surface area contributed by atoms with Gasteiger partial charge in [0.05, 0.1) is 45.1 Å². The van der Waals surface area contributed by atoms with Gasteiger partial charge in [-0.1, -0.05) is 42.1 Å². The summed E-state index contributed by atoms with van der Waals surface area (Å²) in [5.74, 6) is -0.214. The third-order valence-electron chi connectivity index (χ3n) is 5.71. The topological polar surface area (TPSA) is 115 Å². The average molecular weight is 559 g/mol. The molecule has 1 saturated heterocycles. The molecule has 39 heavy (non-hydrogen) atoms. The van der Waals surface area contributed by atoms with Crippen molar-refractivity contribution in [2.45, 2.75) is 18.4 Å². The number of anilines is 2. The number of thioether (sulfide) groups is 2. The fourth-order valence-electron chi connectivity index (χ4n) is 3.81. The Balaban J connectivity index is 1.74. The highest BCUT2D eigenvalue weighted by Crippen LogP contribution is 2.40. The van der Waals surface area contributed by atoms with Gasteiger partial charge >= 0.3 is 0 Å². The summed E-state index contributed by atoms with van der Waals surface area (Å²) in [6.45, 7) is 2.96. The second kappa shape index (κ2) is 12.5. The minimum atomic E-state index is -0.435. The van der Waals surface area contributed by atoms with Crippen LogP contribution >= 0.6 is 23.5 Å². The molecule has 0 aromatic heterocycles. The van der Waals surface area contributed by atoms with Crippen molar-refractivity contribution in [3.8, 4) is 6.07 Å². The number of hydrogen-bond acceptors (Lipinski definition) is 9. The molecule has 1 fully saturated rings. The van der Waals surface area contributed by atoms with E-state index >= 15 is 0 Å². The summed E-state index contributed by atoms with van der Waals surface area (Å²) in [7, 11) is 3.72. The number of hydrogen-bond donors (Lipinski definition) is 1. The molecule has 0 bridgehead atoms. The molecule has 1 aliphatic rings. The SMILES string of the molecule is CCNc1ccc(C#N)cc1N=C1S/C(=C\Sc2cc([N+](=O)[O-])ccc2N(C)C)C(=O)N1Cc1ccccc1. The van der Waals surface area contributed by atoms with E-state index < -0.39 is 4.92 Å². The van der Waals surface area contributed by atoms with Gasteiger partial charge in [-0.3, -0.25) is 19.8 Å². The van der Waals surface area contributed by atoms with Gasteiger partial charge in [0.1, 0.15) is 0 Å². The Labute approximate surface area is 235 Å². The number of non-ortho nitro benzene ring substituents is 1. The van der Waals surface area contributed by atoms with E-state index in [1.165, 1.54) is 35.7 Å². The zero-order chi connectivity index (χ0) is 27.9. The Kier molecular flexibility index (Phi) is 8.91. The quantitative estimate of drug-likeness (QED) is 0.140. The lowest BCUT2D eigenvalue weighted by molar-refractivity contribution is -0.385. The molecule has 1 heterocycles. The lowest BCUT2D eigenvalue weighted by atomic mass is 10.2. The number of rotatable bonds is 9. The Morgan fingerprint density at radius 2 is 1.95 bits per heavy atom. The summed E-state index contributed by atoms with van der Waals surface area (Å²) in [6, 6.07) is 21.7. The fraction of sp³-hybridized carbons (Fsp3) is 0.179. The first-order valence-corrected chi connectivity index (χ1v) is 13.7. The Bertz CT molecular complexity index is 1500. The number of nitrogens with zero attached hydrogens (tertiary/aromatic N) is 5. The number of carbonyl (C=O) groups excluding carboxylic acids is 1. The molecule has 11 heteroatoms. The molecule has 0 aliphatic carbocycles. The number of nitro groups is 1. The Hall–Kier alpha value is -4.27. The van der Waals surface area contributed by atoms with Crippen LogP contribution in [0.25, 0.3) is 0 Å². The van der Waals surface area contributed by atoms with Crippen LogP contribution in [0, 0.1) is 21.4 Å². The average Bonchev–Trinajstić information content (AvgIpc) is 3.22. The number of nitro benzene ring substituents is 1.